The number of anilines is 1. The number of carbonyl (C=O) groups is 1. The Morgan fingerprint density at radius 1 is 1.13 bits per heavy atom. The van der Waals surface area contributed by atoms with Crippen LogP contribution in [0.15, 0.2) is 36.5 Å². The summed E-state index contributed by atoms with van der Waals surface area (Å²) in [5.74, 6) is -1.68. The molecular weight excluding hydrogens is 420 g/mol. The van der Waals surface area contributed by atoms with E-state index in [1.54, 1.807) is 22.4 Å². The molecule has 4 rings (SSSR count). The Balaban J connectivity index is 1.80. The number of aryl methyl sites for hydroxylation is 1. The molecule has 0 spiro atoms. The maximum absolute atomic E-state index is 14.3. The summed E-state index contributed by atoms with van der Waals surface area (Å²) < 4.78 is 30.1. The van der Waals surface area contributed by atoms with Gasteiger partial charge in [-0.25, -0.2) is 18.7 Å². The number of imidazole rings is 1. The van der Waals surface area contributed by atoms with E-state index in [1.165, 1.54) is 6.07 Å². The van der Waals surface area contributed by atoms with Crippen LogP contribution in [0.25, 0.3) is 15.9 Å². The molecule has 0 saturated carbocycles. The highest BCUT2D eigenvalue weighted by Crippen LogP contribution is 2.32. The highest BCUT2D eigenvalue weighted by Gasteiger charge is 2.27. The molecule has 0 unspecified atom stereocenters. The second-order valence-electron chi connectivity index (χ2n) is 7.19. The van der Waals surface area contributed by atoms with E-state index in [-0.39, 0.29) is 11.4 Å². The van der Waals surface area contributed by atoms with Crippen LogP contribution in [0.2, 0.25) is 0 Å². The number of fused-ring (bicyclic) bond motifs is 2. The van der Waals surface area contributed by atoms with Crippen LogP contribution in [0.3, 0.4) is 0 Å². The first kappa shape index (κ1) is 21.3. The van der Waals surface area contributed by atoms with Gasteiger partial charge in [-0.2, -0.15) is 0 Å². The second-order valence-corrected chi connectivity index (χ2v) is 8.20. The molecule has 162 valence electrons. The van der Waals surface area contributed by atoms with Crippen LogP contribution in [-0.2, 0) is 0 Å². The summed E-state index contributed by atoms with van der Waals surface area (Å²) in [7, 11) is 0. The number of nitrogens with zero attached hydrogens (tertiary/aromatic N) is 5. The molecule has 0 bridgehead atoms. The number of halogens is 2. The third-order valence-corrected chi connectivity index (χ3v) is 6.34. The van der Waals surface area contributed by atoms with Gasteiger partial charge in [-0.3, -0.25) is 14.1 Å². The monoisotopic (exact) mass is 443 g/mol. The lowest BCUT2D eigenvalue weighted by molar-refractivity contribution is 0.0977. The van der Waals surface area contributed by atoms with E-state index < -0.39 is 11.6 Å². The molecule has 0 fully saturated rings. The lowest BCUT2D eigenvalue weighted by Gasteiger charge is -2.24. The van der Waals surface area contributed by atoms with Gasteiger partial charge in [0, 0.05) is 25.4 Å². The molecular formula is C22H23F2N5OS. The molecule has 0 aliphatic carbocycles. The smallest absolute Gasteiger partial charge is 0.279 e. The predicted molar refractivity (Wildman–Crippen MR) is 119 cm³/mol. The van der Waals surface area contributed by atoms with Gasteiger partial charge in [-0.1, -0.05) is 31.3 Å². The molecule has 0 aliphatic rings. The number of hydrogen-bond acceptors (Lipinski definition) is 5. The van der Waals surface area contributed by atoms with E-state index in [1.807, 2.05) is 18.2 Å². The Labute approximate surface area is 182 Å². The summed E-state index contributed by atoms with van der Waals surface area (Å²) in [5, 5.41) is 0.335. The zero-order valence-electron chi connectivity index (χ0n) is 17.6. The molecule has 9 heteroatoms. The zero-order valence-corrected chi connectivity index (χ0v) is 18.4. The van der Waals surface area contributed by atoms with Crippen molar-refractivity contribution in [2.75, 3.05) is 31.1 Å². The maximum atomic E-state index is 14.3. The Morgan fingerprint density at radius 2 is 1.90 bits per heavy atom. The van der Waals surface area contributed by atoms with Gasteiger partial charge in [0.05, 0.1) is 10.4 Å². The van der Waals surface area contributed by atoms with E-state index in [0.29, 0.717) is 40.0 Å². The summed E-state index contributed by atoms with van der Waals surface area (Å²) in [4.78, 5) is 26.3. The highest BCUT2D eigenvalue weighted by molar-refractivity contribution is 7.22. The molecule has 1 amide bonds. The highest BCUT2D eigenvalue weighted by atomic mass is 32.1. The van der Waals surface area contributed by atoms with Crippen molar-refractivity contribution in [3.8, 4) is 0 Å². The fraction of sp³-hybridized carbons (Fsp3) is 0.318. The zero-order chi connectivity index (χ0) is 22.1. The third kappa shape index (κ3) is 4.03. The fourth-order valence-corrected chi connectivity index (χ4v) is 4.65. The van der Waals surface area contributed by atoms with E-state index in [0.717, 1.165) is 30.5 Å². The largest absolute Gasteiger partial charge is 0.302 e. The molecule has 0 aliphatic heterocycles. The van der Waals surface area contributed by atoms with Crippen LogP contribution < -0.4 is 4.90 Å². The van der Waals surface area contributed by atoms with E-state index in [9.17, 15) is 13.6 Å². The average Bonchev–Trinajstić information content (AvgIpc) is 3.31. The minimum absolute atomic E-state index is 0.0666. The van der Waals surface area contributed by atoms with Gasteiger partial charge in [0.2, 0.25) is 0 Å². The Bertz CT molecular complexity index is 1250. The summed E-state index contributed by atoms with van der Waals surface area (Å²) >= 11 is 1.10. The van der Waals surface area contributed by atoms with Gasteiger partial charge in [-0.05, 0) is 38.2 Å². The number of likely N-dealkylation sites (N-methyl/N-ethyl adjacent to an activating group) is 1. The van der Waals surface area contributed by atoms with Crippen LogP contribution in [0.5, 0.6) is 0 Å². The quantitative estimate of drug-likeness (QED) is 0.422. The molecule has 0 N–H and O–H groups in total. The van der Waals surface area contributed by atoms with Gasteiger partial charge in [0.25, 0.3) is 5.91 Å². The Kier molecular flexibility index (Phi) is 5.97. The van der Waals surface area contributed by atoms with Crippen LogP contribution in [0, 0.1) is 18.6 Å². The number of amides is 1. The number of aromatic nitrogens is 3. The molecule has 4 aromatic rings. The first-order valence-electron chi connectivity index (χ1n) is 10.2. The molecule has 3 aromatic heterocycles. The summed E-state index contributed by atoms with van der Waals surface area (Å²) in [6.45, 7) is 8.57. The predicted octanol–water partition coefficient (Wildman–Crippen LogP) is 4.52. The first-order chi connectivity index (χ1) is 14.9. The van der Waals surface area contributed by atoms with E-state index in [2.05, 4.69) is 28.7 Å². The Morgan fingerprint density at radius 3 is 2.65 bits per heavy atom. The molecule has 6 nitrogen and oxygen atoms in total. The minimum atomic E-state index is -0.736. The van der Waals surface area contributed by atoms with Crippen molar-refractivity contribution in [2.24, 2.45) is 0 Å². The van der Waals surface area contributed by atoms with Crippen molar-refractivity contribution in [3.05, 3.63) is 59.6 Å². The maximum Gasteiger partial charge on any atom is 0.279 e. The SMILES string of the molecule is CCN(CC)CCN(C(=O)c1c(C)nc2ccccn12)c1nc2c(F)cc(F)cc2s1. The number of benzene rings is 1. The van der Waals surface area contributed by atoms with Crippen molar-refractivity contribution in [2.45, 2.75) is 20.8 Å². The van der Waals surface area contributed by atoms with Crippen molar-refractivity contribution in [1.82, 2.24) is 19.3 Å². The van der Waals surface area contributed by atoms with Gasteiger partial charge >= 0.3 is 0 Å². The molecule has 0 atom stereocenters. The van der Waals surface area contributed by atoms with E-state index in [4.69, 9.17) is 0 Å². The number of hydrogen-bond donors (Lipinski definition) is 0. The minimum Gasteiger partial charge on any atom is -0.302 e. The van der Waals surface area contributed by atoms with Crippen LogP contribution in [-0.4, -0.2) is 51.4 Å². The lowest BCUT2D eigenvalue weighted by Crippen LogP contribution is -2.39. The second kappa shape index (κ2) is 8.68. The molecule has 3 heterocycles. The van der Waals surface area contributed by atoms with Crippen LogP contribution in [0.4, 0.5) is 13.9 Å². The Hall–Kier alpha value is -2.91. The molecule has 1 aromatic carbocycles. The van der Waals surface area contributed by atoms with Crippen molar-refractivity contribution in [3.63, 3.8) is 0 Å². The summed E-state index contributed by atoms with van der Waals surface area (Å²) in [6, 6.07) is 7.58. The summed E-state index contributed by atoms with van der Waals surface area (Å²) in [5.41, 5.74) is 1.77. The van der Waals surface area contributed by atoms with Crippen molar-refractivity contribution < 1.29 is 13.6 Å². The van der Waals surface area contributed by atoms with Gasteiger partial charge in [-0.15, -0.1) is 0 Å². The van der Waals surface area contributed by atoms with E-state index >= 15 is 0 Å². The number of rotatable bonds is 7. The number of pyridine rings is 1. The van der Waals surface area contributed by atoms with Crippen LogP contribution >= 0.6 is 11.3 Å². The summed E-state index contributed by atoms with van der Waals surface area (Å²) in [6.07, 6.45) is 1.79. The number of carbonyl (C=O) groups excluding carboxylic acids is 1. The lowest BCUT2D eigenvalue weighted by atomic mass is 10.3. The van der Waals surface area contributed by atoms with Gasteiger partial charge in [0.15, 0.2) is 10.9 Å². The van der Waals surface area contributed by atoms with Crippen molar-refractivity contribution >= 4 is 38.2 Å². The topological polar surface area (TPSA) is 53.7 Å². The molecule has 0 radical (unpaired) electrons. The van der Waals surface area contributed by atoms with Crippen molar-refractivity contribution in [1.29, 1.82) is 0 Å². The average molecular weight is 444 g/mol. The van der Waals surface area contributed by atoms with Crippen LogP contribution in [0.1, 0.15) is 30.0 Å². The fourth-order valence-electron chi connectivity index (χ4n) is 3.63. The number of thiazole rings is 1. The standard InChI is InChI=1S/C22H23F2N5OS/c1-4-27(5-2)10-11-29(22-26-19-16(24)12-15(23)13-17(19)31-22)21(30)20-14(3)25-18-8-6-7-9-28(18)20/h6-9,12-13H,4-5,10-11H2,1-3H3. The van der Waals surface area contributed by atoms with Gasteiger partial charge < -0.3 is 4.90 Å². The first-order valence-corrected chi connectivity index (χ1v) is 11.0. The normalized spacial score (nSPS) is 11.7. The molecule has 31 heavy (non-hydrogen) atoms. The molecule has 0 saturated heterocycles. The van der Waals surface area contributed by atoms with Gasteiger partial charge in [0.1, 0.15) is 22.7 Å². The third-order valence-electron chi connectivity index (χ3n) is 5.32.